The third-order valence-electron chi connectivity index (χ3n) is 0.297. The number of rotatable bonds is 1. The molecule has 0 aromatic rings. The van der Waals surface area contributed by atoms with Crippen molar-refractivity contribution in [2.24, 2.45) is 0 Å². The first-order valence-corrected chi connectivity index (χ1v) is 2.57. The molecule has 0 heterocycles. The fourth-order valence-corrected chi connectivity index (χ4v) is 0.144. The van der Waals surface area contributed by atoms with Crippen molar-refractivity contribution in [2.75, 3.05) is 6.26 Å². The molecule has 34 valence electrons. The second-order valence-electron chi connectivity index (χ2n) is 0.641. The molecule has 0 bridgehead atoms. The van der Waals surface area contributed by atoms with Gasteiger partial charge in [-0.2, -0.15) is 0 Å². The van der Waals surface area contributed by atoms with Crippen LogP contribution in [0.1, 0.15) is 0 Å². The lowest BCUT2D eigenvalue weighted by Gasteiger charge is -1.71. The molecule has 0 unspecified atom stereocenters. The van der Waals surface area contributed by atoms with Gasteiger partial charge < -0.3 is 0 Å². The predicted molar refractivity (Wildman–Crippen MR) is 24.6 cm³/mol. The molecule has 0 saturated carbocycles. The Hall–Kier alpha value is -0.310. The van der Waals surface area contributed by atoms with E-state index in [0.717, 1.165) is 11.8 Å². The zero-order valence-corrected chi connectivity index (χ0v) is 4.12. The summed E-state index contributed by atoms with van der Waals surface area (Å²) in [4.78, 5) is 19.1. The van der Waals surface area contributed by atoms with Gasteiger partial charge in [-0.1, -0.05) is 11.8 Å². The summed E-state index contributed by atoms with van der Waals surface area (Å²) < 4.78 is 0. The van der Waals surface area contributed by atoms with Crippen molar-refractivity contribution in [3.8, 4) is 0 Å². The molecule has 0 aromatic carbocycles. The lowest BCUT2D eigenvalue weighted by Crippen LogP contribution is -1.86. The maximum absolute atomic E-state index is 9.78. The monoisotopic (exact) mass is 104 g/mol. The fourth-order valence-electron chi connectivity index (χ4n) is 0.0481. The van der Waals surface area contributed by atoms with E-state index >= 15 is 0 Å². The van der Waals surface area contributed by atoms with Crippen molar-refractivity contribution in [3.05, 3.63) is 0 Å². The normalized spacial score (nSPS) is 7.50. The molecule has 0 saturated heterocycles. The summed E-state index contributed by atoms with van der Waals surface area (Å²) >= 11 is 0.918. The second kappa shape index (κ2) is 2.90. The van der Waals surface area contributed by atoms with Crippen LogP contribution in [-0.4, -0.2) is 17.7 Å². The molecule has 2 nitrogen and oxygen atoms in total. The molecule has 3 heteroatoms. The van der Waals surface area contributed by atoms with Crippen molar-refractivity contribution in [1.29, 1.82) is 0 Å². The maximum atomic E-state index is 9.78. The molecule has 0 aromatic heterocycles. The van der Waals surface area contributed by atoms with Gasteiger partial charge in [-0.25, -0.2) is 0 Å². The highest BCUT2D eigenvalue weighted by Crippen LogP contribution is 1.87. The van der Waals surface area contributed by atoms with E-state index in [9.17, 15) is 9.59 Å². The minimum Gasteiger partial charge on any atom is -0.294 e. The molecular weight excluding hydrogens is 100 g/mol. The Bertz CT molecular complexity index is 69.2. The summed E-state index contributed by atoms with van der Waals surface area (Å²) in [7, 11) is 0. The van der Waals surface area contributed by atoms with Crippen molar-refractivity contribution in [1.82, 2.24) is 0 Å². The van der Waals surface area contributed by atoms with Crippen LogP contribution < -0.4 is 0 Å². The van der Waals surface area contributed by atoms with Gasteiger partial charge in [-0.15, -0.1) is 0 Å². The van der Waals surface area contributed by atoms with Crippen LogP contribution in [0.3, 0.4) is 0 Å². The minimum atomic E-state index is -0.421. The van der Waals surface area contributed by atoms with Crippen LogP contribution in [-0.2, 0) is 9.59 Å². The smallest absolute Gasteiger partial charge is 0.251 e. The van der Waals surface area contributed by atoms with Crippen LogP contribution in [0.15, 0.2) is 0 Å². The molecule has 0 spiro atoms. The first-order chi connectivity index (χ1) is 2.81. The van der Waals surface area contributed by atoms with Crippen LogP contribution in [0.4, 0.5) is 0 Å². The molecule has 0 fully saturated rings. The maximum Gasteiger partial charge on any atom is 0.251 e. The second-order valence-corrected chi connectivity index (χ2v) is 1.45. The number of hydrogen-bond donors (Lipinski definition) is 0. The molecule has 0 radical (unpaired) electrons. The average Bonchev–Trinajstić information content (AvgIpc) is 1.65. The fraction of sp³-hybridized carbons (Fsp3) is 0.333. The van der Waals surface area contributed by atoms with Gasteiger partial charge in [-0.3, -0.25) is 9.59 Å². The van der Waals surface area contributed by atoms with Gasteiger partial charge in [0, 0.05) is 0 Å². The highest BCUT2D eigenvalue weighted by atomic mass is 32.2. The van der Waals surface area contributed by atoms with Gasteiger partial charge >= 0.3 is 0 Å². The number of carbonyl (C=O) groups excluding carboxylic acids is 2. The molecular formula is C3H4O2S. The van der Waals surface area contributed by atoms with Crippen LogP contribution in [0.5, 0.6) is 0 Å². The number of hydrogen-bond acceptors (Lipinski definition) is 3. The highest BCUT2D eigenvalue weighted by molar-refractivity contribution is 8.14. The van der Waals surface area contributed by atoms with E-state index in [1.165, 1.54) is 0 Å². The molecule has 0 aliphatic rings. The van der Waals surface area contributed by atoms with Gasteiger partial charge in [0.15, 0.2) is 6.29 Å². The van der Waals surface area contributed by atoms with Crippen molar-refractivity contribution < 1.29 is 9.59 Å². The van der Waals surface area contributed by atoms with Crippen molar-refractivity contribution >= 4 is 23.2 Å². The molecule has 6 heavy (non-hydrogen) atoms. The molecule has 0 rings (SSSR count). The summed E-state index contributed by atoms with van der Waals surface area (Å²) in [6.45, 7) is 0. The number of thioether (sulfide) groups is 1. The molecule has 0 aliphatic carbocycles. The Kier molecular flexibility index (Phi) is 2.75. The molecule has 0 atom stereocenters. The first-order valence-electron chi connectivity index (χ1n) is 1.34. The van der Waals surface area contributed by atoms with Crippen LogP contribution in [0.2, 0.25) is 0 Å². The van der Waals surface area contributed by atoms with E-state index < -0.39 is 5.12 Å². The molecule has 0 N–H and O–H groups in total. The lowest BCUT2D eigenvalue weighted by atomic mass is 10.9. The lowest BCUT2D eigenvalue weighted by molar-refractivity contribution is -0.124. The quantitative estimate of drug-likeness (QED) is 0.349. The average molecular weight is 104 g/mol. The van der Waals surface area contributed by atoms with E-state index in [1.54, 1.807) is 6.26 Å². The number of aldehydes is 1. The van der Waals surface area contributed by atoms with E-state index in [1.807, 2.05) is 0 Å². The van der Waals surface area contributed by atoms with Crippen LogP contribution >= 0.6 is 11.8 Å². The Labute approximate surface area is 39.9 Å². The molecule has 0 aliphatic heterocycles. The zero-order chi connectivity index (χ0) is 4.99. The summed E-state index contributed by atoms with van der Waals surface area (Å²) in [5, 5.41) is -0.421. The van der Waals surface area contributed by atoms with Gasteiger partial charge in [0.2, 0.25) is 0 Å². The van der Waals surface area contributed by atoms with E-state index in [2.05, 4.69) is 0 Å². The Morgan fingerprint density at radius 3 is 2.33 bits per heavy atom. The van der Waals surface area contributed by atoms with Gasteiger partial charge in [0.1, 0.15) is 0 Å². The standard InChI is InChI=1S/C3H4O2S/c1-6-3(5)2-4/h2H,1H3. The summed E-state index contributed by atoms with van der Waals surface area (Å²) in [5.41, 5.74) is 0. The summed E-state index contributed by atoms with van der Waals surface area (Å²) in [5.74, 6) is 0. The number of carbonyl (C=O) groups is 2. The highest BCUT2D eigenvalue weighted by Gasteiger charge is 1.88. The van der Waals surface area contributed by atoms with Crippen molar-refractivity contribution in [3.63, 3.8) is 0 Å². The topological polar surface area (TPSA) is 34.1 Å². The van der Waals surface area contributed by atoms with E-state index in [-0.39, 0.29) is 0 Å². The predicted octanol–water partition coefficient (Wildman–Crippen LogP) is 0.0749. The van der Waals surface area contributed by atoms with Crippen LogP contribution in [0.25, 0.3) is 0 Å². The summed E-state index contributed by atoms with van der Waals surface area (Å²) in [6.07, 6.45) is 1.86. The van der Waals surface area contributed by atoms with Crippen LogP contribution in [0, 0.1) is 0 Å². The van der Waals surface area contributed by atoms with Gasteiger partial charge in [-0.05, 0) is 6.26 Å². The van der Waals surface area contributed by atoms with Crippen molar-refractivity contribution in [2.45, 2.75) is 0 Å². The van der Waals surface area contributed by atoms with Gasteiger partial charge in [0.25, 0.3) is 5.12 Å². The van der Waals surface area contributed by atoms with Gasteiger partial charge in [0.05, 0.1) is 0 Å². The minimum absolute atomic E-state index is 0.296. The third-order valence-corrected chi connectivity index (χ3v) is 0.796. The zero-order valence-electron chi connectivity index (χ0n) is 3.30. The van der Waals surface area contributed by atoms with E-state index in [4.69, 9.17) is 0 Å². The largest absolute Gasteiger partial charge is 0.294 e. The Balaban J connectivity index is 3.23. The Morgan fingerprint density at radius 2 is 2.33 bits per heavy atom. The summed E-state index contributed by atoms with van der Waals surface area (Å²) in [6, 6.07) is 0. The van der Waals surface area contributed by atoms with E-state index in [0.29, 0.717) is 6.29 Å². The first kappa shape index (κ1) is 5.69. The SMILES string of the molecule is CSC(=O)C=O. The third kappa shape index (κ3) is 1.96. The Morgan fingerprint density at radius 1 is 1.83 bits per heavy atom. The molecule has 0 amide bonds.